The number of nitrogens with one attached hydrogen (secondary N) is 1. The van der Waals surface area contributed by atoms with E-state index in [0.29, 0.717) is 61.5 Å². The minimum absolute atomic E-state index is 0.000978. The number of carboxylic acid groups (broad SMARTS) is 1. The molecule has 2 saturated heterocycles. The maximum atomic E-state index is 12.9. The van der Waals surface area contributed by atoms with E-state index in [2.05, 4.69) is 32.1 Å². The Morgan fingerprint density at radius 2 is 1.12 bits per heavy atom. The molecule has 0 spiro atoms. The van der Waals surface area contributed by atoms with Crippen LogP contribution in [-0.4, -0.2) is 118 Å². The van der Waals surface area contributed by atoms with Gasteiger partial charge in [-0.2, -0.15) is 0 Å². The molecular weight excluding hydrogens is 773 g/mol. The average molecular weight is 817 g/mol. The minimum atomic E-state index is -1.07. The molecule has 0 bridgehead atoms. The van der Waals surface area contributed by atoms with Crippen molar-refractivity contribution in [3.8, 4) is 32.6 Å². The van der Waals surface area contributed by atoms with E-state index in [1.54, 1.807) is 39.0 Å². The van der Waals surface area contributed by atoms with Gasteiger partial charge in [-0.1, -0.05) is 0 Å². The van der Waals surface area contributed by atoms with Crippen LogP contribution < -0.4 is 16.6 Å². The third kappa shape index (κ3) is 9.08. The average Bonchev–Trinajstić information content (AvgIpc) is 3.74. The SMILES string of the molecule is CN1CCNCC1.Cc1nc(-c2c(C)c3ccc(O)cc3oc2=O)sc1C(=O)N1CCN(C)CC1.Cc1nc(-c2c(C)c3ccc(O)cc3oc2=O)sc1C(=O)O. The number of thiazole rings is 2. The van der Waals surface area contributed by atoms with Crippen molar-refractivity contribution in [1.29, 1.82) is 0 Å². The summed E-state index contributed by atoms with van der Waals surface area (Å²) in [6.45, 7) is 14.7. The number of carbonyl (C=O) groups is 2. The van der Waals surface area contributed by atoms with E-state index in [9.17, 15) is 29.4 Å². The monoisotopic (exact) mass is 816 g/mol. The third-order valence-corrected chi connectivity index (χ3v) is 12.2. The maximum Gasteiger partial charge on any atom is 0.347 e. The van der Waals surface area contributed by atoms with Gasteiger partial charge in [0.05, 0.1) is 22.5 Å². The number of carboxylic acids is 1. The molecule has 8 rings (SSSR count). The summed E-state index contributed by atoms with van der Waals surface area (Å²) in [5.74, 6) is -1.08. The van der Waals surface area contributed by atoms with Gasteiger partial charge in [-0.15, -0.1) is 22.7 Å². The van der Waals surface area contributed by atoms with Gasteiger partial charge in [0.25, 0.3) is 5.91 Å². The van der Waals surface area contributed by atoms with Gasteiger partial charge in [-0.25, -0.2) is 24.4 Å². The molecule has 0 aliphatic carbocycles. The minimum Gasteiger partial charge on any atom is -0.508 e. The molecule has 57 heavy (non-hydrogen) atoms. The van der Waals surface area contributed by atoms with Gasteiger partial charge in [0.1, 0.15) is 42.4 Å². The first-order valence-corrected chi connectivity index (χ1v) is 19.8. The molecular formula is C40H44N6O9S2. The van der Waals surface area contributed by atoms with E-state index in [-0.39, 0.29) is 33.4 Å². The summed E-state index contributed by atoms with van der Waals surface area (Å²) < 4.78 is 10.6. The fourth-order valence-corrected chi connectivity index (χ4v) is 8.64. The number of phenolic OH excluding ortho intramolecular Hbond substituents is 2. The number of aromatic hydroxyl groups is 2. The molecule has 4 N–H and O–H groups in total. The third-order valence-electron chi connectivity index (χ3n) is 9.84. The van der Waals surface area contributed by atoms with E-state index in [4.69, 9.17) is 13.9 Å². The number of amides is 1. The van der Waals surface area contributed by atoms with Crippen molar-refractivity contribution in [2.45, 2.75) is 27.7 Å². The van der Waals surface area contributed by atoms with Crippen molar-refractivity contribution in [2.75, 3.05) is 66.5 Å². The highest BCUT2D eigenvalue weighted by Gasteiger charge is 2.27. The molecule has 0 saturated carbocycles. The number of carbonyl (C=O) groups excluding carboxylic acids is 1. The normalized spacial score (nSPS) is 14.9. The summed E-state index contributed by atoms with van der Waals surface area (Å²) in [6.07, 6.45) is 0. The van der Waals surface area contributed by atoms with E-state index in [0.717, 1.165) is 48.5 Å². The topological polar surface area (TPSA) is 203 Å². The number of nitrogens with zero attached hydrogens (tertiary/aromatic N) is 5. The van der Waals surface area contributed by atoms with Crippen molar-refractivity contribution >= 4 is 56.5 Å². The van der Waals surface area contributed by atoms with Gasteiger partial charge in [0, 0.05) is 75.3 Å². The zero-order chi connectivity index (χ0) is 41.1. The van der Waals surface area contributed by atoms with Crippen molar-refractivity contribution in [3.63, 3.8) is 0 Å². The van der Waals surface area contributed by atoms with E-state index < -0.39 is 17.2 Å². The molecule has 4 aromatic heterocycles. The molecule has 0 unspecified atom stereocenters. The summed E-state index contributed by atoms with van der Waals surface area (Å²) in [6, 6.07) is 9.18. The fraction of sp³-hybridized carbons (Fsp3) is 0.350. The summed E-state index contributed by atoms with van der Waals surface area (Å²) in [5.41, 5.74) is 2.42. The lowest BCUT2D eigenvalue weighted by Crippen LogP contribution is -2.47. The second-order valence-corrected chi connectivity index (χ2v) is 16.0. The Morgan fingerprint density at radius 1 is 0.684 bits per heavy atom. The molecule has 6 heterocycles. The van der Waals surface area contributed by atoms with Gasteiger partial charge in [-0.05, 0) is 77.2 Å². The number of rotatable bonds is 4. The van der Waals surface area contributed by atoms with Crippen LogP contribution in [0.5, 0.6) is 11.5 Å². The Kier molecular flexibility index (Phi) is 12.5. The Bertz CT molecular complexity index is 2580. The first kappa shape index (κ1) is 41.2. The molecule has 0 atom stereocenters. The standard InChI is InChI=1S/C20H21N3O4S.C15H11NO5S.C5H12N2/c1-11-14-5-4-13(24)10-15(14)27-20(26)16(11)18-21-12(2)17(28-18)19(25)23-8-6-22(3)7-9-23;1-6-9-4-3-8(17)5-10(9)21-15(20)11(6)13-16-7(2)12(22-13)14(18)19;1-7-4-2-6-3-5-7/h4-5,10,24H,6-9H2,1-3H3;3-5,17H,1-2H3,(H,18,19);6H,2-5H2,1H3. The number of benzene rings is 2. The van der Waals surface area contributed by atoms with Crippen molar-refractivity contribution in [3.05, 3.63) is 89.5 Å². The quantitative estimate of drug-likeness (QED) is 0.172. The van der Waals surface area contributed by atoms with Crippen LogP contribution in [0, 0.1) is 27.7 Å². The molecule has 17 heteroatoms. The number of hydrogen-bond acceptors (Lipinski definition) is 15. The lowest BCUT2D eigenvalue weighted by Gasteiger charge is -2.32. The van der Waals surface area contributed by atoms with Crippen LogP contribution in [0.1, 0.15) is 41.9 Å². The van der Waals surface area contributed by atoms with Gasteiger partial charge in [0.15, 0.2) is 0 Å². The van der Waals surface area contributed by atoms with Crippen LogP contribution in [0.3, 0.4) is 0 Å². The predicted octanol–water partition coefficient (Wildman–Crippen LogP) is 5.09. The summed E-state index contributed by atoms with van der Waals surface area (Å²) in [5, 5.41) is 33.7. The Hall–Kier alpha value is -5.46. The number of likely N-dealkylation sites (N-methyl/N-ethyl adjacent to an activating group) is 2. The number of aromatic carboxylic acids is 1. The summed E-state index contributed by atoms with van der Waals surface area (Å²) >= 11 is 2.17. The number of aryl methyl sites for hydroxylation is 4. The Balaban J connectivity index is 0.000000168. The van der Waals surface area contributed by atoms with Gasteiger partial charge < -0.3 is 44.2 Å². The van der Waals surface area contributed by atoms with E-state index >= 15 is 0 Å². The molecule has 2 aromatic carbocycles. The molecule has 2 aliphatic rings. The molecule has 2 aliphatic heterocycles. The number of aromatic nitrogens is 2. The highest BCUT2D eigenvalue weighted by molar-refractivity contribution is 7.17. The van der Waals surface area contributed by atoms with Crippen molar-refractivity contribution in [1.82, 2.24) is 30.0 Å². The van der Waals surface area contributed by atoms with E-state index in [1.165, 1.54) is 42.6 Å². The molecule has 1 amide bonds. The van der Waals surface area contributed by atoms with Crippen LogP contribution in [-0.2, 0) is 0 Å². The van der Waals surface area contributed by atoms with Crippen LogP contribution in [0.25, 0.3) is 43.1 Å². The largest absolute Gasteiger partial charge is 0.508 e. The van der Waals surface area contributed by atoms with Crippen LogP contribution in [0.4, 0.5) is 0 Å². The zero-order valence-corrected chi connectivity index (χ0v) is 34.1. The van der Waals surface area contributed by atoms with Gasteiger partial charge in [0.2, 0.25) is 0 Å². The van der Waals surface area contributed by atoms with Crippen molar-refractivity contribution in [2.24, 2.45) is 0 Å². The van der Waals surface area contributed by atoms with Crippen LogP contribution in [0.2, 0.25) is 0 Å². The van der Waals surface area contributed by atoms with Gasteiger partial charge >= 0.3 is 17.2 Å². The molecule has 6 aromatic rings. The lowest BCUT2D eigenvalue weighted by molar-refractivity contribution is 0.0665. The van der Waals surface area contributed by atoms with Gasteiger partial charge in [-0.3, -0.25) is 4.79 Å². The maximum absolute atomic E-state index is 12.9. The highest BCUT2D eigenvalue weighted by atomic mass is 32.1. The van der Waals surface area contributed by atoms with Crippen LogP contribution >= 0.6 is 22.7 Å². The number of hydrogen-bond donors (Lipinski definition) is 4. The fourth-order valence-electron chi connectivity index (χ4n) is 6.52. The molecule has 2 fully saturated rings. The summed E-state index contributed by atoms with van der Waals surface area (Å²) in [7, 11) is 4.19. The second kappa shape index (κ2) is 17.4. The summed E-state index contributed by atoms with van der Waals surface area (Å²) in [4.78, 5) is 64.6. The number of fused-ring (bicyclic) bond motifs is 2. The predicted molar refractivity (Wildman–Crippen MR) is 220 cm³/mol. The second-order valence-electron chi connectivity index (χ2n) is 14.0. The molecule has 15 nitrogen and oxygen atoms in total. The number of phenols is 2. The molecule has 0 radical (unpaired) electrons. The van der Waals surface area contributed by atoms with E-state index in [1.807, 2.05) is 18.9 Å². The van der Waals surface area contributed by atoms with Crippen LogP contribution in [0.15, 0.2) is 54.8 Å². The lowest BCUT2D eigenvalue weighted by atomic mass is 10.1. The Morgan fingerprint density at radius 3 is 1.54 bits per heavy atom. The first-order chi connectivity index (χ1) is 27.1. The first-order valence-electron chi connectivity index (χ1n) is 18.2. The highest BCUT2D eigenvalue weighted by Crippen LogP contribution is 2.34. The van der Waals surface area contributed by atoms with Crippen molar-refractivity contribution < 1.29 is 33.7 Å². The smallest absolute Gasteiger partial charge is 0.347 e. The Labute approximate surface area is 335 Å². The molecule has 300 valence electrons. The zero-order valence-electron chi connectivity index (χ0n) is 32.5. The number of piperazine rings is 2.